The van der Waals surface area contributed by atoms with Gasteiger partial charge in [-0.05, 0) is 24.6 Å². The zero-order valence-corrected chi connectivity index (χ0v) is 11.2. The highest BCUT2D eigenvalue weighted by molar-refractivity contribution is 6.32. The Kier molecular flexibility index (Phi) is 4.02. The van der Waals surface area contributed by atoms with Gasteiger partial charge in [0, 0.05) is 0 Å². The molecule has 2 rings (SSSR count). The van der Waals surface area contributed by atoms with E-state index in [0.29, 0.717) is 10.8 Å². The zero-order valence-electron chi connectivity index (χ0n) is 10.5. The number of hydrogen-bond donors (Lipinski definition) is 2. The van der Waals surface area contributed by atoms with Crippen molar-refractivity contribution in [1.29, 1.82) is 0 Å². The quantitative estimate of drug-likeness (QED) is 0.510. The number of nitrogens with one attached hydrogen (secondary N) is 1. The number of nitro groups is 1. The molecule has 1 aromatic carbocycles. The van der Waals surface area contributed by atoms with Crippen molar-refractivity contribution in [1.82, 2.24) is 4.98 Å². The van der Waals surface area contributed by atoms with Gasteiger partial charge in [-0.15, -0.1) is 0 Å². The topological polar surface area (TPSA) is 103 Å². The molecule has 2 aromatic rings. The van der Waals surface area contributed by atoms with Gasteiger partial charge in [0.05, 0.1) is 22.1 Å². The first-order chi connectivity index (χ1) is 9.49. The van der Waals surface area contributed by atoms with Crippen LogP contribution >= 0.6 is 11.6 Å². The van der Waals surface area contributed by atoms with E-state index in [1.807, 2.05) is 13.0 Å². The van der Waals surface area contributed by atoms with Gasteiger partial charge in [0.2, 0.25) is 5.88 Å². The summed E-state index contributed by atoms with van der Waals surface area (Å²) < 4.78 is 5.48. The molecule has 3 N–H and O–H groups in total. The maximum absolute atomic E-state index is 10.8. The Morgan fingerprint density at radius 3 is 2.80 bits per heavy atom. The predicted molar refractivity (Wildman–Crippen MR) is 75.0 cm³/mol. The second-order valence-electron chi connectivity index (χ2n) is 3.99. The van der Waals surface area contributed by atoms with E-state index in [9.17, 15) is 10.1 Å². The summed E-state index contributed by atoms with van der Waals surface area (Å²) in [7, 11) is 0. The van der Waals surface area contributed by atoms with Crippen LogP contribution in [0.5, 0.6) is 11.6 Å². The van der Waals surface area contributed by atoms with Gasteiger partial charge in [-0.3, -0.25) is 10.1 Å². The lowest BCUT2D eigenvalue weighted by molar-refractivity contribution is -0.384. The summed E-state index contributed by atoms with van der Waals surface area (Å²) in [5.74, 6) is 5.73. The molecule has 7 nitrogen and oxygen atoms in total. The Morgan fingerprint density at radius 2 is 2.15 bits per heavy atom. The monoisotopic (exact) mass is 294 g/mol. The molecule has 0 radical (unpaired) electrons. The Morgan fingerprint density at radius 1 is 1.40 bits per heavy atom. The molecule has 0 fully saturated rings. The SMILES string of the molecule is Cc1ccc(Cl)c(Oc2cc([N+](=O)[O-])cc(NN)n2)c1. The Balaban J connectivity index is 2.39. The molecule has 0 aliphatic carbocycles. The number of anilines is 1. The molecular weight excluding hydrogens is 284 g/mol. The number of pyridine rings is 1. The van der Waals surface area contributed by atoms with Crippen LogP contribution in [0.4, 0.5) is 11.5 Å². The molecule has 0 aliphatic heterocycles. The van der Waals surface area contributed by atoms with Crippen LogP contribution < -0.4 is 16.0 Å². The van der Waals surface area contributed by atoms with Gasteiger partial charge in [0.25, 0.3) is 5.69 Å². The van der Waals surface area contributed by atoms with Crippen molar-refractivity contribution in [2.24, 2.45) is 5.84 Å². The molecule has 1 heterocycles. The highest BCUT2D eigenvalue weighted by atomic mass is 35.5. The Bertz CT molecular complexity index is 663. The fraction of sp³-hybridized carbons (Fsp3) is 0.0833. The van der Waals surface area contributed by atoms with E-state index in [-0.39, 0.29) is 17.4 Å². The van der Waals surface area contributed by atoms with Crippen molar-refractivity contribution >= 4 is 23.1 Å². The third-order valence-electron chi connectivity index (χ3n) is 2.45. The normalized spacial score (nSPS) is 10.2. The van der Waals surface area contributed by atoms with Crippen molar-refractivity contribution in [3.8, 4) is 11.6 Å². The minimum absolute atomic E-state index is 0.0275. The van der Waals surface area contributed by atoms with Crippen LogP contribution in [0.25, 0.3) is 0 Å². The minimum Gasteiger partial charge on any atom is -0.437 e. The predicted octanol–water partition coefficient (Wildman–Crippen LogP) is 3.03. The van der Waals surface area contributed by atoms with Crippen LogP contribution in [0.1, 0.15) is 5.56 Å². The maximum atomic E-state index is 10.8. The highest BCUT2D eigenvalue weighted by Gasteiger charge is 2.13. The van der Waals surface area contributed by atoms with Gasteiger partial charge in [-0.1, -0.05) is 17.7 Å². The number of nitrogens with zero attached hydrogens (tertiary/aromatic N) is 2. The second-order valence-corrected chi connectivity index (χ2v) is 4.39. The molecule has 0 unspecified atom stereocenters. The number of nitrogens with two attached hydrogens (primary N) is 1. The smallest absolute Gasteiger partial charge is 0.278 e. The van der Waals surface area contributed by atoms with Gasteiger partial charge in [0.15, 0.2) is 5.82 Å². The molecule has 0 spiro atoms. The molecule has 0 atom stereocenters. The Labute approximate surface area is 119 Å². The summed E-state index contributed by atoms with van der Waals surface area (Å²) in [6.07, 6.45) is 0. The van der Waals surface area contributed by atoms with Crippen molar-refractivity contribution in [2.45, 2.75) is 6.92 Å². The van der Waals surface area contributed by atoms with E-state index in [4.69, 9.17) is 22.2 Å². The molecule has 20 heavy (non-hydrogen) atoms. The fourth-order valence-corrected chi connectivity index (χ4v) is 1.68. The zero-order chi connectivity index (χ0) is 14.7. The molecule has 0 saturated carbocycles. The first-order valence-corrected chi connectivity index (χ1v) is 5.94. The summed E-state index contributed by atoms with van der Waals surface area (Å²) in [5, 5.41) is 11.2. The fourth-order valence-electron chi connectivity index (χ4n) is 1.52. The van der Waals surface area contributed by atoms with Crippen LogP contribution in [-0.2, 0) is 0 Å². The van der Waals surface area contributed by atoms with Crippen LogP contribution in [0.3, 0.4) is 0 Å². The summed E-state index contributed by atoms with van der Waals surface area (Å²) in [5.41, 5.74) is 2.99. The average Bonchev–Trinajstić information content (AvgIpc) is 2.42. The Hall–Kier alpha value is -2.38. The molecular formula is C12H11ClN4O3. The van der Waals surface area contributed by atoms with Gasteiger partial charge < -0.3 is 10.2 Å². The number of hydrogen-bond acceptors (Lipinski definition) is 6. The number of benzene rings is 1. The van der Waals surface area contributed by atoms with Crippen LogP contribution in [0.2, 0.25) is 5.02 Å². The maximum Gasteiger partial charge on any atom is 0.278 e. The van der Waals surface area contributed by atoms with E-state index in [2.05, 4.69) is 10.4 Å². The highest BCUT2D eigenvalue weighted by Crippen LogP contribution is 2.31. The molecule has 0 aliphatic rings. The minimum atomic E-state index is -0.562. The number of rotatable bonds is 4. The molecule has 104 valence electrons. The van der Waals surface area contributed by atoms with Gasteiger partial charge in [-0.25, -0.2) is 5.84 Å². The lowest BCUT2D eigenvalue weighted by atomic mass is 10.2. The molecule has 1 aromatic heterocycles. The number of hydrazine groups is 1. The molecule has 0 amide bonds. The molecule has 0 saturated heterocycles. The first kappa shape index (κ1) is 14.0. The van der Waals surface area contributed by atoms with Crippen molar-refractivity contribution in [2.75, 3.05) is 5.43 Å². The number of nitrogen functional groups attached to an aromatic ring is 1. The number of aromatic nitrogens is 1. The van der Waals surface area contributed by atoms with Crippen LogP contribution in [0.15, 0.2) is 30.3 Å². The summed E-state index contributed by atoms with van der Waals surface area (Å²) in [4.78, 5) is 14.2. The number of ether oxygens (including phenoxy) is 1. The van der Waals surface area contributed by atoms with Crippen molar-refractivity contribution in [3.05, 3.63) is 51.0 Å². The average molecular weight is 295 g/mol. The lowest BCUT2D eigenvalue weighted by Crippen LogP contribution is -2.09. The third-order valence-corrected chi connectivity index (χ3v) is 2.76. The summed E-state index contributed by atoms with van der Waals surface area (Å²) in [6.45, 7) is 1.87. The molecule has 0 bridgehead atoms. The standard InChI is InChI=1S/C12H11ClN4O3/c1-7-2-3-9(13)10(4-7)20-12-6-8(17(18)19)5-11(15-12)16-14/h2-6H,14H2,1H3,(H,15,16). The van der Waals surface area contributed by atoms with E-state index in [1.54, 1.807) is 12.1 Å². The molecule has 8 heteroatoms. The van der Waals surface area contributed by atoms with E-state index >= 15 is 0 Å². The van der Waals surface area contributed by atoms with E-state index in [1.165, 1.54) is 12.1 Å². The number of aryl methyl sites for hydroxylation is 1. The first-order valence-electron chi connectivity index (χ1n) is 5.56. The third kappa shape index (κ3) is 3.14. The van der Waals surface area contributed by atoms with Crippen molar-refractivity contribution < 1.29 is 9.66 Å². The van der Waals surface area contributed by atoms with Crippen LogP contribution in [-0.4, -0.2) is 9.91 Å². The summed E-state index contributed by atoms with van der Waals surface area (Å²) >= 11 is 6.00. The van der Waals surface area contributed by atoms with E-state index in [0.717, 1.165) is 5.56 Å². The second kappa shape index (κ2) is 5.72. The largest absolute Gasteiger partial charge is 0.437 e. The van der Waals surface area contributed by atoms with Gasteiger partial charge >= 0.3 is 0 Å². The van der Waals surface area contributed by atoms with Gasteiger partial charge in [0.1, 0.15) is 5.75 Å². The lowest BCUT2D eigenvalue weighted by Gasteiger charge is -2.08. The van der Waals surface area contributed by atoms with E-state index < -0.39 is 4.92 Å². The summed E-state index contributed by atoms with van der Waals surface area (Å²) in [6, 6.07) is 7.59. The van der Waals surface area contributed by atoms with Crippen LogP contribution in [0, 0.1) is 17.0 Å². The van der Waals surface area contributed by atoms with Gasteiger partial charge in [-0.2, -0.15) is 4.98 Å². The number of halogens is 1. The van der Waals surface area contributed by atoms with Crippen molar-refractivity contribution in [3.63, 3.8) is 0 Å².